The summed E-state index contributed by atoms with van der Waals surface area (Å²) in [5, 5.41) is 0. The minimum absolute atomic E-state index is 0.234. The van der Waals surface area contributed by atoms with Gasteiger partial charge < -0.3 is 16.2 Å². The molecule has 2 aromatic carbocycles. The number of hydrogen-bond donors (Lipinski definition) is 2. The molecule has 0 aromatic heterocycles. The number of nitrogen functional groups attached to an aromatic ring is 2. The van der Waals surface area contributed by atoms with Gasteiger partial charge in [-0.15, -0.1) is 0 Å². The fraction of sp³-hybridized carbons (Fsp3) is 0.188. The van der Waals surface area contributed by atoms with E-state index in [2.05, 4.69) is 6.92 Å². The highest BCUT2D eigenvalue weighted by Gasteiger charge is 2.09. The fourth-order valence-corrected chi connectivity index (χ4v) is 1.90. The van der Waals surface area contributed by atoms with Crippen molar-refractivity contribution < 1.29 is 9.53 Å². The number of aryl methyl sites for hydroxylation is 1. The zero-order valence-corrected chi connectivity index (χ0v) is 11.4. The number of nitrogens with two attached hydrogens (primary N) is 2. The Balaban J connectivity index is 2.00. The van der Waals surface area contributed by atoms with Crippen molar-refractivity contribution in [3.63, 3.8) is 0 Å². The minimum Gasteiger partial charge on any atom is -0.457 e. The first-order valence-corrected chi connectivity index (χ1v) is 6.49. The first kappa shape index (κ1) is 13.9. The molecule has 0 saturated heterocycles. The third-order valence-electron chi connectivity index (χ3n) is 3.01. The van der Waals surface area contributed by atoms with Gasteiger partial charge >= 0.3 is 5.97 Å². The van der Waals surface area contributed by atoms with Gasteiger partial charge in [-0.3, -0.25) is 0 Å². The number of ether oxygens (including phenoxy) is 1. The van der Waals surface area contributed by atoms with Crippen LogP contribution < -0.4 is 11.5 Å². The van der Waals surface area contributed by atoms with E-state index in [1.807, 2.05) is 24.3 Å². The molecule has 0 aliphatic carbocycles. The van der Waals surface area contributed by atoms with Crippen LogP contribution in [0.2, 0.25) is 0 Å². The number of carbonyl (C=O) groups excluding carboxylic acids is 1. The Morgan fingerprint density at radius 1 is 1.00 bits per heavy atom. The lowest BCUT2D eigenvalue weighted by Gasteiger charge is -2.07. The third kappa shape index (κ3) is 3.51. The molecule has 0 radical (unpaired) electrons. The Hall–Kier alpha value is -2.49. The van der Waals surface area contributed by atoms with Crippen molar-refractivity contribution in [2.45, 2.75) is 20.0 Å². The summed E-state index contributed by atoms with van der Waals surface area (Å²) in [6.45, 7) is 2.33. The Morgan fingerprint density at radius 3 is 2.10 bits per heavy atom. The van der Waals surface area contributed by atoms with Crippen molar-refractivity contribution in [3.05, 3.63) is 59.2 Å². The molecule has 0 spiro atoms. The summed E-state index contributed by atoms with van der Waals surface area (Å²) >= 11 is 0. The lowest BCUT2D eigenvalue weighted by atomic mass is 10.1. The van der Waals surface area contributed by atoms with Crippen LogP contribution in [-0.4, -0.2) is 5.97 Å². The highest BCUT2D eigenvalue weighted by atomic mass is 16.5. The molecule has 2 aromatic rings. The quantitative estimate of drug-likeness (QED) is 0.661. The Kier molecular flexibility index (Phi) is 4.25. The smallest absolute Gasteiger partial charge is 0.338 e. The summed E-state index contributed by atoms with van der Waals surface area (Å²) in [5.41, 5.74) is 14.8. The van der Waals surface area contributed by atoms with Crippen molar-refractivity contribution in [1.82, 2.24) is 0 Å². The maximum Gasteiger partial charge on any atom is 0.338 e. The average molecular weight is 270 g/mol. The maximum atomic E-state index is 11.9. The van der Waals surface area contributed by atoms with Crippen LogP contribution >= 0.6 is 0 Å². The molecule has 20 heavy (non-hydrogen) atoms. The van der Waals surface area contributed by atoms with E-state index >= 15 is 0 Å². The summed E-state index contributed by atoms with van der Waals surface area (Å²) < 4.78 is 5.25. The van der Waals surface area contributed by atoms with Crippen LogP contribution in [0, 0.1) is 0 Å². The predicted molar refractivity (Wildman–Crippen MR) is 80.2 cm³/mol. The molecule has 4 heteroatoms. The average Bonchev–Trinajstić information content (AvgIpc) is 2.44. The number of esters is 1. The standard InChI is InChI=1S/C16H18N2O2/c1-2-11-3-5-12(6-4-11)10-20-16(19)13-7-14(17)9-15(18)8-13/h3-9H,2,10,17-18H2,1H3. The van der Waals surface area contributed by atoms with E-state index in [1.165, 1.54) is 5.56 Å². The molecule has 0 unspecified atom stereocenters. The SMILES string of the molecule is CCc1ccc(COC(=O)c2cc(N)cc(N)c2)cc1. The molecule has 0 aliphatic heterocycles. The molecule has 0 saturated carbocycles. The second-order valence-electron chi connectivity index (χ2n) is 4.63. The van der Waals surface area contributed by atoms with E-state index in [9.17, 15) is 4.79 Å². The Labute approximate surface area is 118 Å². The fourth-order valence-electron chi connectivity index (χ4n) is 1.90. The Morgan fingerprint density at radius 2 is 1.55 bits per heavy atom. The first-order chi connectivity index (χ1) is 9.58. The molecule has 104 valence electrons. The van der Waals surface area contributed by atoms with Crippen LogP contribution in [0.15, 0.2) is 42.5 Å². The normalized spacial score (nSPS) is 10.2. The van der Waals surface area contributed by atoms with Crippen LogP contribution in [-0.2, 0) is 17.8 Å². The molecule has 0 fully saturated rings. The zero-order chi connectivity index (χ0) is 14.5. The molecule has 2 rings (SSSR count). The van der Waals surface area contributed by atoms with Crippen molar-refractivity contribution in [2.75, 3.05) is 11.5 Å². The van der Waals surface area contributed by atoms with Gasteiger partial charge in [-0.05, 0) is 35.7 Å². The molecular formula is C16H18N2O2. The number of benzene rings is 2. The first-order valence-electron chi connectivity index (χ1n) is 6.49. The van der Waals surface area contributed by atoms with Crippen molar-refractivity contribution in [3.8, 4) is 0 Å². The molecular weight excluding hydrogens is 252 g/mol. The third-order valence-corrected chi connectivity index (χ3v) is 3.01. The number of anilines is 2. The highest BCUT2D eigenvalue weighted by molar-refractivity contribution is 5.91. The summed E-state index contributed by atoms with van der Waals surface area (Å²) in [6.07, 6.45) is 0.989. The largest absolute Gasteiger partial charge is 0.457 e. The van der Waals surface area contributed by atoms with Crippen molar-refractivity contribution in [1.29, 1.82) is 0 Å². The Bertz CT molecular complexity index is 586. The van der Waals surface area contributed by atoms with Crippen LogP contribution in [0.3, 0.4) is 0 Å². The second kappa shape index (κ2) is 6.10. The second-order valence-corrected chi connectivity index (χ2v) is 4.63. The van der Waals surface area contributed by atoms with Gasteiger partial charge in [0, 0.05) is 11.4 Å². The molecule has 0 heterocycles. The molecule has 0 aliphatic rings. The summed E-state index contributed by atoms with van der Waals surface area (Å²) in [5.74, 6) is -0.427. The van der Waals surface area contributed by atoms with E-state index in [0.29, 0.717) is 16.9 Å². The van der Waals surface area contributed by atoms with Gasteiger partial charge in [-0.1, -0.05) is 31.2 Å². The van der Waals surface area contributed by atoms with E-state index in [-0.39, 0.29) is 6.61 Å². The molecule has 0 atom stereocenters. The lowest BCUT2D eigenvalue weighted by molar-refractivity contribution is 0.0473. The van der Waals surface area contributed by atoms with Crippen LogP contribution in [0.25, 0.3) is 0 Å². The maximum absolute atomic E-state index is 11.9. The number of hydrogen-bond acceptors (Lipinski definition) is 4. The van der Waals surface area contributed by atoms with Crippen molar-refractivity contribution >= 4 is 17.3 Å². The van der Waals surface area contributed by atoms with Gasteiger partial charge in [0.2, 0.25) is 0 Å². The van der Waals surface area contributed by atoms with Gasteiger partial charge in [-0.25, -0.2) is 4.79 Å². The minimum atomic E-state index is -0.427. The highest BCUT2D eigenvalue weighted by Crippen LogP contribution is 2.15. The molecule has 0 bridgehead atoms. The summed E-state index contributed by atoms with van der Waals surface area (Å²) in [6, 6.07) is 12.7. The summed E-state index contributed by atoms with van der Waals surface area (Å²) in [7, 11) is 0. The monoisotopic (exact) mass is 270 g/mol. The topological polar surface area (TPSA) is 78.3 Å². The van der Waals surface area contributed by atoms with E-state index in [0.717, 1.165) is 12.0 Å². The van der Waals surface area contributed by atoms with Gasteiger partial charge in [0.25, 0.3) is 0 Å². The molecule has 0 amide bonds. The molecule has 4 N–H and O–H groups in total. The van der Waals surface area contributed by atoms with Crippen LogP contribution in [0.1, 0.15) is 28.4 Å². The van der Waals surface area contributed by atoms with Gasteiger partial charge in [0.1, 0.15) is 6.61 Å². The van der Waals surface area contributed by atoms with Gasteiger partial charge in [-0.2, -0.15) is 0 Å². The van der Waals surface area contributed by atoms with Crippen molar-refractivity contribution in [2.24, 2.45) is 0 Å². The van der Waals surface area contributed by atoms with Gasteiger partial charge in [0.05, 0.1) is 5.56 Å². The van der Waals surface area contributed by atoms with E-state index < -0.39 is 5.97 Å². The van der Waals surface area contributed by atoms with Crippen LogP contribution in [0.5, 0.6) is 0 Å². The van der Waals surface area contributed by atoms with Crippen LogP contribution in [0.4, 0.5) is 11.4 Å². The summed E-state index contributed by atoms with van der Waals surface area (Å²) in [4.78, 5) is 11.9. The molecule has 4 nitrogen and oxygen atoms in total. The van der Waals surface area contributed by atoms with E-state index in [4.69, 9.17) is 16.2 Å². The van der Waals surface area contributed by atoms with E-state index in [1.54, 1.807) is 18.2 Å². The number of rotatable bonds is 4. The zero-order valence-electron chi connectivity index (χ0n) is 11.4. The number of carbonyl (C=O) groups is 1. The predicted octanol–water partition coefficient (Wildman–Crippen LogP) is 2.77. The lowest BCUT2D eigenvalue weighted by Crippen LogP contribution is -2.06. The van der Waals surface area contributed by atoms with Gasteiger partial charge in [0.15, 0.2) is 0 Å².